The Kier molecular flexibility index (Phi) is 6.88. The van der Waals surface area contributed by atoms with Gasteiger partial charge in [0.05, 0.1) is 0 Å². The number of esters is 2. The van der Waals surface area contributed by atoms with Gasteiger partial charge in [-0.25, -0.2) is 0 Å². The first-order valence-corrected chi connectivity index (χ1v) is 11.6. The van der Waals surface area contributed by atoms with Gasteiger partial charge in [0.2, 0.25) is 0 Å². The highest BCUT2D eigenvalue weighted by Gasteiger charge is 2.56. The first-order chi connectivity index (χ1) is 15.3. The van der Waals surface area contributed by atoms with Crippen molar-refractivity contribution in [2.45, 2.75) is 73.5 Å². The predicted molar refractivity (Wildman–Crippen MR) is 131 cm³/mol. The Bertz CT molecular complexity index is 1010. The van der Waals surface area contributed by atoms with Crippen molar-refractivity contribution in [3.8, 4) is 0 Å². The van der Waals surface area contributed by atoms with Crippen LogP contribution in [-0.2, 0) is 31.9 Å². The molecular weight excluding hydrogens is 412 g/mol. The summed E-state index contributed by atoms with van der Waals surface area (Å²) >= 11 is 0. The Labute approximate surface area is 198 Å². The summed E-state index contributed by atoms with van der Waals surface area (Å²) in [6.45, 7) is 14.2. The van der Waals surface area contributed by atoms with E-state index in [0.29, 0.717) is 0 Å². The first kappa shape index (κ1) is 24.8. The Balaban J connectivity index is 1.95. The smallest absolute Gasteiger partial charge is 0.327 e. The molecule has 0 unspecified atom stereocenters. The van der Waals surface area contributed by atoms with Crippen molar-refractivity contribution in [3.63, 3.8) is 0 Å². The third-order valence-electron chi connectivity index (χ3n) is 5.93. The van der Waals surface area contributed by atoms with Gasteiger partial charge >= 0.3 is 11.9 Å². The fraction of sp³-hybridized carbons (Fsp3) is 0.448. The van der Waals surface area contributed by atoms with Gasteiger partial charge in [-0.15, -0.1) is 0 Å². The maximum Gasteiger partial charge on any atom is 0.327 e. The van der Waals surface area contributed by atoms with Crippen LogP contribution in [0.4, 0.5) is 0 Å². The Hall–Kier alpha value is -2.88. The number of benzene rings is 2. The van der Waals surface area contributed by atoms with Crippen LogP contribution in [0.1, 0.15) is 71.6 Å². The second-order valence-electron chi connectivity index (χ2n) is 11.0. The summed E-state index contributed by atoms with van der Waals surface area (Å²) in [6, 6.07) is 17.7. The van der Waals surface area contributed by atoms with Crippen molar-refractivity contribution in [2.24, 2.45) is 10.8 Å². The topological polar surface area (TPSA) is 52.6 Å². The summed E-state index contributed by atoms with van der Waals surface area (Å²) < 4.78 is 11.1. The van der Waals surface area contributed by atoms with Gasteiger partial charge in [0, 0.05) is 13.8 Å². The van der Waals surface area contributed by atoms with E-state index in [2.05, 4.69) is 46.8 Å². The highest BCUT2D eigenvalue weighted by Crippen LogP contribution is 2.39. The van der Waals surface area contributed by atoms with Gasteiger partial charge in [0.25, 0.3) is 5.79 Å². The van der Waals surface area contributed by atoms with Crippen molar-refractivity contribution in [1.29, 1.82) is 0 Å². The van der Waals surface area contributed by atoms with Gasteiger partial charge in [-0.05, 0) is 60.8 Å². The zero-order valence-electron chi connectivity index (χ0n) is 21.0. The molecule has 1 aliphatic rings. The molecule has 2 aromatic rings. The number of carbonyl (C=O) groups is 2. The molecule has 0 saturated carbocycles. The van der Waals surface area contributed by atoms with Crippen LogP contribution in [0.25, 0.3) is 5.57 Å². The molecule has 0 atom stereocenters. The van der Waals surface area contributed by atoms with Gasteiger partial charge in [-0.3, -0.25) is 9.59 Å². The third kappa shape index (κ3) is 5.93. The number of allylic oxidation sites excluding steroid dienone is 2. The molecule has 2 aromatic carbocycles. The van der Waals surface area contributed by atoms with Crippen molar-refractivity contribution >= 4 is 17.5 Å². The predicted octanol–water partition coefficient (Wildman–Crippen LogP) is 6.52. The van der Waals surface area contributed by atoms with E-state index in [1.54, 1.807) is 13.8 Å². The molecule has 1 saturated heterocycles. The first-order valence-electron chi connectivity index (χ1n) is 11.6. The van der Waals surface area contributed by atoms with E-state index in [1.165, 1.54) is 16.7 Å². The molecule has 3 rings (SSSR count). The van der Waals surface area contributed by atoms with Crippen molar-refractivity contribution in [3.05, 3.63) is 76.9 Å². The minimum Gasteiger partial charge on any atom is -0.422 e. The number of carbonyl (C=O) groups excluding carboxylic acids is 2. The summed E-state index contributed by atoms with van der Waals surface area (Å²) in [5.41, 5.74) is 4.33. The number of hydrogen-bond acceptors (Lipinski definition) is 4. The molecule has 4 heteroatoms. The van der Waals surface area contributed by atoms with Gasteiger partial charge in [0.15, 0.2) is 5.41 Å². The molecule has 0 aromatic heterocycles. The Morgan fingerprint density at radius 2 is 1.27 bits per heavy atom. The van der Waals surface area contributed by atoms with Crippen LogP contribution in [0.2, 0.25) is 0 Å². The fourth-order valence-corrected chi connectivity index (χ4v) is 4.31. The molecule has 0 radical (unpaired) electrons. The summed E-state index contributed by atoms with van der Waals surface area (Å²) in [5.74, 6) is -2.33. The lowest BCUT2D eigenvalue weighted by Gasteiger charge is -2.40. The number of rotatable bonds is 6. The van der Waals surface area contributed by atoms with Gasteiger partial charge in [-0.1, -0.05) is 80.9 Å². The molecule has 1 aliphatic heterocycles. The molecule has 0 N–H and O–H groups in total. The summed E-state index contributed by atoms with van der Waals surface area (Å²) in [4.78, 5) is 26.5. The molecule has 4 nitrogen and oxygen atoms in total. The Morgan fingerprint density at radius 1 is 0.788 bits per heavy atom. The highest BCUT2D eigenvalue weighted by atomic mass is 16.7. The molecule has 1 heterocycles. The van der Waals surface area contributed by atoms with Gasteiger partial charge in [0.1, 0.15) is 0 Å². The lowest BCUT2D eigenvalue weighted by Crippen LogP contribution is -2.56. The molecule has 33 heavy (non-hydrogen) atoms. The van der Waals surface area contributed by atoms with E-state index in [9.17, 15) is 9.59 Å². The molecule has 0 aliphatic carbocycles. The van der Waals surface area contributed by atoms with E-state index >= 15 is 0 Å². The molecule has 0 bridgehead atoms. The van der Waals surface area contributed by atoms with E-state index in [1.807, 2.05) is 42.5 Å². The average molecular weight is 449 g/mol. The van der Waals surface area contributed by atoms with Crippen LogP contribution in [0.15, 0.2) is 60.2 Å². The van der Waals surface area contributed by atoms with Gasteiger partial charge in [-0.2, -0.15) is 0 Å². The number of hydrogen-bond donors (Lipinski definition) is 0. The average Bonchev–Trinajstić information content (AvgIpc) is 2.70. The van der Waals surface area contributed by atoms with Crippen LogP contribution < -0.4 is 0 Å². The quantitative estimate of drug-likeness (QED) is 0.373. The second-order valence-corrected chi connectivity index (χ2v) is 11.0. The van der Waals surface area contributed by atoms with Crippen LogP contribution in [-0.4, -0.2) is 17.7 Å². The molecule has 176 valence electrons. The molecule has 1 fully saturated rings. The van der Waals surface area contributed by atoms with Crippen molar-refractivity contribution in [2.75, 3.05) is 0 Å². The fourth-order valence-electron chi connectivity index (χ4n) is 4.31. The van der Waals surface area contributed by atoms with Crippen molar-refractivity contribution in [1.82, 2.24) is 0 Å². The van der Waals surface area contributed by atoms with Crippen molar-refractivity contribution < 1.29 is 19.1 Å². The maximum absolute atomic E-state index is 13.2. The number of ether oxygens (including phenoxy) is 2. The van der Waals surface area contributed by atoms with Crippen LogP contribution in [0.3, 0.4) is 0 Å². The van der Waals surface area contributed by atoms with Crippen LogP contribution >= 0.6 is 0 Å². The third-order valence-corrected chi connectivity index (χ3v) is 5.93. The van der Waals surface area contributed by atoms with E-state index in [-0.39, 0.29) is 18.3 Å². The highest BCUT2D eigenvalue weighted by molar-refractivity contribution is 6.02. The molecular formula is C29H36O4. The SMILES string of the molecule is CC(C)=C(CC(C)(C)C)c1ccc(CC2(Cc3ccccc3)C(=O)OC(C)(C)OC2=O)cc1. The maximum atomic E-state index is 13.2. The minimum atomic E-state index is -1.41. The lowest BCUT2D eigenvalue weighted by atomic mass is 9.75. The standard InChI is InChI=1S/C29H36O4/c1-20(2)24(19-27(3,4)5)23-15-13-22(14-16-23)18-29(17-21-11-9-8-10-12-21)25(30)32-28(6,7)33-26(29)31/h8-16H,17-19H2,1-7H3. The van der Waals surface area contributed by atoms with Crippen LogP contribution in [0.5, 0.6) is 0 Å². The second kappa shape index (κ2) is 9.17. The molecule has 0 spiro atoms. The Morgan fingerprint density at radius 3 is 1.73 bits per heavy atom. The summed E-state index contributed by atoms with van der Waals surface area (Å²) in [5, 5.41) is 0. The summed E-state index contributed by atoms with van der Waals surface area (Å²) in [6.07, 6.45) is 1.42. The van der Waals surface area contributed by atoms with E-state index in [4.69, 9.17) is 9.47 Å². The van der Waals surface area contributed by atoms with E-state index in [0.717, 1.165) is 17.5 Å². The minimum absolute atomic E-state index is 0.174. The zero-order valence-corrected chi connectivity index (χ0v) is 21.0. The normalized spacial score (nSPS) is 17.2. The lowest BCUT2D eigenvalue weighted by molar-refractivity contribution is -0.251. The van der Waals surface area contributed by atoms with Crippen LogP contribution in [0, 0.1) is 10.8 Å². The van der Waals surface area contributed by atoms with Gasteiger partial charge < -0.3 is 9.47 Å². The largest absolute Gasteiger partial charge is 0.422 e. The number of cyclic esters (lactones) is 2. The monoisotopic (exact) mass is 448 g/mol. The van der Waals surface area contributed by atoms with E-state index < -0.39 is 23.1 Å². The zero-order chi connectivity index (χ0) is 24.4. The molecule has 0 amide bonds. The summed E-state index contributed by atoms with van der Waals surface area (Å²) in [7, 11) is 0.